The third-order valence-electron chi connectivity index (χ3n) is 3.40. The van der Waals surface area contributed by atoms with E-state index in [0.29, 0.717) is 29.9 Å². The summed E-state index contributed by atoms with van der Waals surface area (Å²) in [4.78, 5) is 16.2. The maximum atomic E-state index is 12.2. The van der Waals surface area contributed by atoms with E-state index >= 15 is 0 Å². The summed E-state index contributed by atoms with van der Waals surface area (Å²) in [5.74, 6) is 0.295. The molecule has 1 atom stereocenters. The van der Waals surface area contributed by atoms with Gasteiger partial charge >= 0.3 is 0 Å². The van der Waals surface area contributed by atoms with Crippen LogP contribution in [0.3, 0.4) is 0 Å². The van der Waals surface area contributed by atoms with Gasteiger partial charge in [0.25, 0.3) is 5.91 Å². The molecule has 0 unspecified atom stereocenters. The van der Waals surface area contributed by atoms with Crippen LogP contribution in [0.2, 0.25) is 0 Å². The molecule has 102 valence electrons. The average molecular weight is 326 g/mol. The quantitative estimate of drug-likeness (QED) is 0.853. The van der Waals surface area contributed by atoms with Crippen molar-refractivity contribution in [3.05, 3.63) is 22.6 Å². The Labute approximate surface area is 120 Å². The fourth-order valence-corrected chi connectivity index (χ4v) is 2.52. The lowest BCUT2D eigenvalue weighted by Crippen LogP contribution is -2.51. The van der Waals surface area contributed by atoms with Gasteiger partial charge in [-0.3, -0.25) is 9.69 Å². The molecule has 0 N–H and O–H groups in total. The molecule has 6 heteroatoms. The molecule has 0 saturated carbocycles. The third-order valence-corrected chi connectivity index (χ3v) is 3.82. The van der Waals surface area contributed by atoms with E-state index < -0.39 is 0 Å². The predicted molar refractivity (Wildman–Crippen MR) is 73.6 cm³/mol. The molecular formula is C13H16BrN3O2. The SMILES string of the molecule is C[C@H](CC#N)N1CCN(C(=O)c2ccc(Br)o2)CC1. The van der Waals surface area contributed by atoms with Crippen LogP contribution in [0.5, 0.6) is 0 Å². The van der Waals surface area contributed by atoms with Crippen molar-refractivity contribution in [2.45, 2.75) is 19.4 Å². The van der Waals surface area contributed by atoms with Crippen molar-refractivity contribution in [1.29, 1.82) is 5.26 Å². The average Bonchev–Trinajstić information content (AvgIpc) is 2.85. The van der Waals surface area contributed by atoms with Crippen LogP contribution in [0.4, 0.5) is 0 Å². The van der Waals surface area contributed by atoms with Crippen LogP contribution in [0.1, 0.15) is 23.9 Å². The minimum atomic E-state index is -0.0710. The summed E-state index contributed by atoms with van der Waals surface area (Å²) in [5, 5.41) is 8.70. The molecule has 19 heavy (non-hydrogen) atoms. The molecular weight excluding hydrogens is 310 g/mol. The fourth-order valence-electron chi connectivity index (χ4n) is 2.21. The van der Waals surface area contributed by atoms with E-state index in [1.54, 1.807) is 17.0 Å². The van der Waals surface area contributed by atoms with Gasteiger partial charge in [0.2, 0.25) is 0 Å². The van der Waals surface area contributed by atoms with Crippen LogP contribution in [-0.2, 0) is 0 Å². The molecule has 0 aromatic carbocycles. The molecule has 0 spiro atoms. The molecule has 2 rings (SSSR count). The molecule has 1 saturated heterocycles. The van der Waals surface area contributed by atoms with Crippen molar-refractivity contribution in [2.24, 2.45) is 0 Å². The lowest BCUT2D eigenvalue weighted by molar-refractivity contribution is 0.0555. The number of amides is 1. The summed E-state index contributed by atoms with van der Waals surface area (Å²) < 4.78 is 5.85. The van der Waals surface area contributed by atoms with E-state index in [0.717, 1.165) is 13.1 Å². The Morgan fingerprint density at radius 2 is 2.16 bits per heavy atom. The van der Waals surface area contributed by atoms with Gasteiger partial charge in [-0.05, 0) is 35.0 Å². The summed E-state index contributed by atoms with van der Waals surface area (Å²) in [6.45, 7) is 5.00. The molecule has 1 aliphatic rings. The van der Waals surface area contributed by atoms with Crippen LogP contribution in [-0.4, -0.2) is 47.9 Å². The Balaban J connectivity index is 1.90. The number of nitrogens with zero attached hydrogens (tertiary/aromatic N) is 3. The van der Waals surface area contributed by atoms with Crippen molar-refractivity contribution < 1.29 is 9.21 Å². The number of hydrogen-bond acceptors (Lipinski definition) is 4. The van der Waals surface area contributed by atoms with Crippen LogP contribution in [0.25, 0.3) is 0 Å². The Kier molecular flexibility index (Phi) is 4.61. The smallest absolute Gasteiger partial charge is 0.289 e. The van der Waals surface area contributed by atoms with Gasteiger partial charge in [0.15, 0.2) is 10.4 Å². The molecule has 1 amide bonds. The first-order valence-electron chi connectivity index (χ1n) is 6.27. The summed E-state index contributed by atoms with van der Waals surface area (Å²) in [6, 6.07) is 5.83. The zero-order valence-electron chi connectivity index (χ0n) is 10.8. The first-order chi connectivity index (χ1) is 9.11. The van der Waals surface area contributed by atoms with Gasteiger partial charge in [0, 0.05) is 32.2 Å². The number of carbonyl (C=O) groups is 1. The van der Waals surface area contributed by atoms with Crippen LogP contribution < -0.4 is 0 Å². The highest BCUT2D eigenvalue weighted by molar-refractivity contribution is 9.10. The Bertz CT molecular complexity index is 486. The molecule has 1 aliphatic heterocycles. The molecule has 0 aliphatic carbocycles. The van der Waals surface area contributed by atoms with E-state index in [9.17, 15) is 4.79 Å². The second kappa shape index (κ2) is 6.22. The Hall–Kier alpha value is -1.32. The number of halogens is 1. The monoisotopic (exact) mass is 325 g/mol. The summed E-state index contributed by atoms with van der Waals surface area (Å²) in [5.41, 5.74) is 0. The number of rotatable bonds is 3. The van der Waals surface area contributed by atoms with Crippen molar-refractivity contribution in [2.75, 3.05) is 26.2 Å². The largest absolute Gasteiger partial charge is 0.444 e. The molecule has 5 nitrogen and oxygen atoms in total. The molecule has 1 fully saturated rings. The van der Waals surface area contributed by atoms with E-state index in [-0.39, 0.29) is 11.9 Å². The molecule has 1 aromatic heterocycles. The van der Waals surface area contributed by atoms with Crippen molar-refractivity contribution in [3.63, 3.8) is 0 Å². The lowest BCUT2D eigenvalue weighted by atomic mass is 10.2. The van der Waals surface area contributed by atoms with Gasteiger partial charge in [-0.2, -0.15) is 5.26 Å². The maximum Gasteiger partial charge on any atom is 0.289 e. The molecule has 2 heterocycles. The molecule has 1 aromatic rings. The van der Waals surface area contributed by atoms with Gasteiger partial charge in [-0.1, -0.05) is 0 Å². The molecule has 0 bridgehead atoms. The van der Waals surface area contributed by atoms with E-state index in [2.05, 4.69) is 26.9 Å². The first-order valence-corrected chi connectivity index (χ1v) is 7.06. The van der Waals surface area contributed by atoms with Crippen molar-refractivity contribution in [1.82, 2.24) is 9.80 Å². The third kappa shape index (κ3) is 3.37. The summed E-state index contributed by atoms with van der Waals surface area (Å²) in [7, 11) is 0. The fraction of sp³-hybridized carbons (Fsp3) is 0.538. The standard InChI is InChI=1S/C13H16BrN3O2/c1-10(4-5-15)16-6-8-17(9-7-16)13(18)11-2-3-12(14)19-11/h2-3,10H,4,6-9H2,1H3/t10-/m1/s1. The highest BCUT2D eigenvalue weighted by Crippen LogP contribution is 2.17. The van der Waals surface area contributed by atoms with Crippen LogP contribution in [0, 0.1) is 11.3 Å². The highest BCUT2D eigenvalue weighted by atomic mass is 79.9. The first kappa shape index (κ1) is 14.1. The number of piperazine rings is 1. The van der Waals surface area contributed by atoms with Gasteiger partial charge in [-0.25, -0.2) is 0 Å². The minimum Gasteiger partial charge on any atom is -0.444 e. The van der Waals surface area contributed by atoms with Gasteiger partial charge < -0.3 is 9.32 Å². The number of nitriles is 1. The second-order valence-corrected chi connectivity index (χ2v) is 5.42. The van der Waals surface area contributed by atoms with Crippen LogP contribution in [0.15, 0.2) is 21.2 Å². The summed E-state index contributed by atoms with van der Waals surface area (Å²) >= 11 is 3.19. The highest BCUT2D eigenvalue weighted by Gasteiger charge is 2.26. The minimum absolute atomic E-state index is 0.0710. The number of furan rings is 1. The van der Waals surface area contributed by atoms with Gasteiger partial charge in [0.1, 0.15) is 0 Å². The van der Waals surface area contributed by atoms with Crippen molar-refractivity contribution in [3.8, 4) is 6.07 Å². The normalized spacial score (nSPS) is 18.1. The van der Waals surface area contributed by atoms with Crippen molar-refractivity contribution >= 4 is 21.8 Å². The summed E-state index contributed by atoms with van der Waals surface area (Å²) in [6.07, 6.45) is 0.527. The lowest BCUT2D eigenvalue weighted by Gasteiger charge is -2.37. The molecule has 0 radical (unpaired) electrons. The van der Waals surface area contributed by atoms with E-state index in [1.807, 2.05) is 6.92 Å². The second-order valence-electron chi connectivity index (χ2n) is 4.64. The zero-order chi connectivity index (χ0) is 13.8. The van der Waals surface area contributed by atoms with E-state index in [4.69, 9.17) is 9.68 Å². The van der Waals surface area contributed by atoms with Crippen LogP contribution >= 0.6 is 15.9 Å². The van der Waals surface area contributed by atoms with Gasteiger partial charge in [0.05, 0.1) is 12.5 Å². The Morgan fingerprint density at radius 1 is 1.47 bits per heavy atom. The van der Waals surface area contributed by atoms with E-state index in [1.165, 1.54) is 0 Å². The maximum absolute atomic E-state index is 12.2. The Morgan fingerprint density at radius 3 is 2.68 bits per heavy atom. The topological polar surface area (TPSA) is 60.5 Å². The van der Waals surface area contributed by atoms with Gasteiger partial charge in [-0.15, -0.1) is 0 Å². The predicted octanol–water partition coefficient (Wildman–Crippen LogP) is 2.10. The number of carbonyl (C=O) groups excluding carboxylic acids is 1. The number of hydrogen-bond donors (Lipinski definition) is 0. The zero-order valence-corrected chi connectivity index (χ0v) is 12.4.